The number of carbonyl (C=O) groups excluding carboxylic acids is 1. The van der Waals surface area contributed by atoms with E-state index in [9.17, 15) is 4.79 Å². The Morgan fingerprint density at radius 2 is 2.19 bits per heavy atom. The van der Waals surface area contributed by atoms with Gasteiger partial charge in [0.1, 0.15) is 0 Å². The second-order valence-electron chi connectivity index (χ2n) is 4.83. The predicted octanol–water partition coefficient (Wildman–Crippen LogP) is 2.40. The zero-order chi connectivity index (χ0) is 11.9. The molecule has 0 atom stereocenters. The molecule has 0 spiro atoms. The summed E-state index contributed by atoms with van der Waals surface area (Å²) in [7, 11) is 0. The highest BCUT2D eigenvalue weighted by Crippen LogP contribution is 2.33. The van der Waals surface area contributed by atoms with E-state index in [0.717, 1.165) is 16.0 Å². The Bertz CT molecular complexity index is 439. The molecule has 1 aromatic heterocycles. The first-order chi connectivity index (χ1) is 7.38. The van der Waals surface area contributed by atoms with E-state index in [1.165, 1.54) is 0 Å². The van der Waals surface area contributed by atoms with Crippen molar-refractivity contribution in [2.45, 2.75) is 26.3 Å². The van der Waals surface area contributed by atoms with Crippen LogP contribution in [0.4, 0.5) is 11.5 Å². The fourth-order valence-electron chi connectivity index (χ4n) is 1.70. The SMILES string of the molecule is CC(C)(C)N1CC(=O)Nc2cc(Br)cnc21. The summed E-state index contributed by atoms with van der Waals surface area (Å²) >= 11 is 3.35. The summed E-state index contributed by atoms with van der Waals surface area (Å²) in [5.41, 5.74) is 0.647. The van der Waals surface area contributed by atoms with Crippen LogP contribution in [0.3, 0.4) is 0 Å². The fraction of sp³-hybridized carbons (Fsp3) is 0.455. The Kier molecular flexibility index (Phi) is 2.66. The minimum atomic E-state index is -0.118. The van der Waals surface area contributed by atoms with E-state index >= 15 is 0 Å². The normalized spacial score (nSPS) is 15.8. The Morgan fingerprint density at radius 3 is 2.81 bits per heavy atom. The van der Waals surface area contributed by atoms with Crippen molar-refractivity contribution in [2.75, 3.05) is 16.8 Å². The number of pyridine rings is 1. The number of nitrogens with zero attached hydrogens (tertiary/aromatic N) is 2. The van der Waals surface area contributed by atoms with E-state index in [2.05, 4.69) is 47.0 Å². The number of hydrogen-bond donors (Lipinski definition) is 1. The molecular weight excluding hydrogens is 270 g/mol. The molecule has 0 saturated carbocycles. The van der Waals surface area contributed by atoms with Gasteiger partial charge in [-0.05, 0) is 42.8 Å². The molecule has 1 aromatic rings. The molecule has 0 radical (unpaired) electrons. The van der Waals surface area contributed by atoms with Crippen LogP contribution < -0.4 is 10.2 Å². The zero-order valence-corrected chi connectivity index (χ0v) is 11.1. The summed E-state index contributed by atoms with van der Waals surface area (Å²) in [6.07, 6.45) is 1.75. The minimum absolute atomic E-state index is 0.00215. The van der Waals surface area contributed by atoms with Crippen molar-refractivity contribution in [3.05, 3.63) is 16.7 Å². The lowest BCUT2D eigenvalue weighted by Gasteiger charge is -2.39. The Balaban J connectivity index is 2.50. The van der Waals surface area contributed by atoms with Gasteiger partial charge in [0.25, 0.3) is 0 Å². The molecule has 1 aliphatic rings. The van der Waals surface area contributed by atoms with Crippen molar-refractivity contribution in [3.8, 4) is 0 Å². The van der Waals surface area contributed by atoms with E-state index in [1.54, 1.807) is 6.20 Å². The van der Waals surface area contributed by atoms with Gasteiger partial charge in [0.2, 0.25) is 5.91 Å². The molecule has 0 saturated heterocycles. The van der Waals surface area contributed by atoms with E-state index in [0.29, 0.717) is 6.54 Å². The number of fused-ring (bicyclic) bond motifs is 1. The maximum atomic E-state index is 11.6. The number of rotatable bonds is 0. The van der Waals surface area contributed by atoms with E-state index in [1.807, 2.05) is 11.0 Å². The number of amides is 1. The summed E-state index contributed by atoms with van der Waals surface area (Å²) in [6, 6.07) is 1.87. The molecule has 4 nitrogen and oxygen atoms in total. The maximum absolute atomic E-state index is 11.6. The van der Waals surface area contributed by atoms with E-state index in [-0.39, 0.29) is 11.4 Å². The first kappa shape index (κ1) is 11.4. The van der Waals surface area contributed by atoms with Gasteiger partial charge in [0, 0.05) is 16.2 Å². The predicted molar refractivity (Wildman–Crippen MR) is 67.7 cm³/mol. The minimum Gasteiger partial charge on any atom is -0.341 e. The van der Waals surface area contributed by atoms with E-state index < -0.39 is 0 Å². The van der Waals surface area contributed by atoms with Gasteiger partial charge in [-0.25, -0.2) is 4.98 Å². The second-order valence-corrected chi connectivity index (χ2v) is 5.75. The lowest BCUT2D eigenvalue weighted by Crippen LogP contribution is -2.49. The van der Waals surface area contributed by atoms with Gasteiger partial charge < -0.3 is 10.2 Å². The number of halogens is 1. The van der Waals surface area contributed by atoms with Gasteiger partial charge in [0.05, 0.1) is 12.2 Å². The summed E-state index contributed by atoms with van der Waals surface area (Å²) in [6.45, 7) is 6.56. The van der Waals surface area contributed by atoms with Crippen molar-refractivity contribution in [3.63, 3.8) is 0 Å². The average Bonchev–Trinajstić information content (AvgIpc) is 2.14. The van der Waals surface area contributed by atoms with Crippen LogP contribution in [-0.2, 0) is 4.79 Å². The molecule has 86 valence electrons. The molecule has 2 heterocycles. The van der Waals surface area contributed by atoms with Crippen LogP contribution in [0.2, 0.25) is 0 Å². The van der Waals surface area contributed by atoms with Crippen LogP contribution in [0.25, 0.3) is 0 Å². The molecular formula is C11H14BrN3O. The molecule has 2 rings (SSSR count). The van der Waals surface area contributed by atoms with Crippen molar-refractivity contribution < 1.29 is 4.79 Å². The Morgan fingerprint density at radius 1 is 1.50 bits per heavy atom. The molecule has 0 bridgehead atoms. The smallest absolute Gasteiger partial charge is 0.244 e. The lowest BCUT2D eigenvalue weighted by atomic mass is 10.0. The van der Waals surface area contributed by atoms with Crippen molar-refractivity contribution in [1.82, 2.24) is 4.98 Å². The summed E-state index contributed by atoms with van der Waals surface area (Å²) in [5.74, 6) is 0.831. The second kappa shape index (κ2) is 3.73. The van der Waals surface area contributed by atoms with Crippen molar-refractivity contribution in [2.24, 2.45) is 0 Å². The standard InChI is InChI=1S/C11H14BrN3O/c1-11(2,3)15-6-9(16)14-8-4-7(12)5-13-10(8)15/h4-5H,6H2,1-3H3,(H,14,16). The number of anilines is 2. The quantitative estimate of drug-likeness (QED) is 0.795. The maximum Gasteiger partial charge on any atom is 0.244 e. The summed E-state index contributed by atoms with van der Waals surface area (Å²) in [5, 5.41) is 2.83. The van der Waals surface area contributed by atoms with Crippen LogP contribution in [-0.4, -0.2) is 23.0 Å². The van der Waals surface area contributed by atoms with Crippen LogP contribution in [0.5, 0.6) is 0 Å². The largest absolute Gasteiger partial charge is 0.341 e. The van der Waals surface area contributed by atoms with Crippen molar-refractivity contribution in [1.29, 1.82) is 0 Å². The molecule has 1 aliphatic heterocycles. The number of aromatic nitrogens is 1. The van der Waals surface area contributed by atoms with Gasteiger partial charge in [0.15, 0.2) is 5.82 Å². The summed E-state index contributed by atoms with van der Waals surface area (Å²) < 4.78 is 0.863. The van der Waals surface area contributed by atoms with Gasteiger partial charge >= 0.3 is 0 Å². The molecule has 0 unspecified atom stereocenters. The van der Waals surface area contributed by atoms with Crippen LogP contribution in [0, 0.1) is 0 Å². The zero-order valence-electron chi connectivity index (χ0n) is 9.54. The molecule has 5 heteroatoms. The average molecular weight is 284 g/mol. The third-order valence-corrected chi connectivity index (χ3v) is 2.91. The third kappa shape index (κ3) is 2.04. The first-order valence-corrected chi connectivity index (χ1v) is 5.90. The molecule has 0 fully saturated rings. The lowest BCUT2D eigenvalue weighted by molar-refractivity contribution is -0.115. The van der Waals surface area contributed by atoms with E-state index in [4.69, 9.17) is 0 Å². The Hall–Kier alpha value is -1.10. The monoisotopic (exact) mass is 283 g/mol. The van der Waals surface area contributed by atoms with Crippen LogP contribution in [0.15, 0.2) is 16.7 Å². The highest BCUT2D eigenvalue weighted by Gasteiger charge is 2.31. The highest BCUT2D eigenvalue weighted by atomic mass is 79.9. The van der Waals surface area contributed by atoms with Gasteiger partial charge in [-0.3, -0.25) is 4.79 Å². The highest BCUT2D eigenvalue weighted by molar-refractivity contribution is 9.10. The molecule has 1 amide bonds. The molecule has 1 N–H and O–H groups in total. The first-order valence-electron chi connectivity index (χ1n) is 5.11. The number of carbonyl (C=O) groups is 1. The number of nitrogens with one attached hydrogen (secondary N) is 1. The fourth-order valence-corrected chi connectivity index (χ4v) is 2.03. The molecule has 0 aromatic carbocycles. The molecule has 0 aliphatic carbocycles. The topological polar surface area (TPSA) is 45.2 Å². The van der Waals surface area contributed by atoms with Crippen LogP contribution in [0.1, 0.15) is 20.8 Å². The third-order valence-electron chi connectivity index (χ3n) is 2.47. The van der Waals surface area contributed by atoms with Gasteiger partial charge in [-0.15, -0.1) is 0 Å². The summed E-state index contributed by atoms with van der Waals surface area (Å²) in [4.78, 5) is 18.0. The number of hydrogen-bond acceptors (Lipinski definition) is 3. The van der Waals surface area contributed by atoms with Gasteiger partial charge in [-0.1, -0.05) is 0 Å². The van der Waals surface area contributed by atoms with Crippen LogP contribution >= 0.6 is 15.9 Å². The Labute approximate surface area is 103 Å². The van der Waals surface area contributed by atoms with Gasteiger partial charge in [-0.2, -0.15) is 0 Å². The van der Waals surface area contributed by atoms with Crippen molar-refractivity contribution >= 4 is 33.3 Å². The molecule has 16 heavy (non-hydrogen) atoms.